The zero-order valence-electron chi connectivity index (χ0n) is 11.6. The number of hydrogen-bond donors (Lipinski definition) is 0. The Morgan fingerprint density at radius 2 is 1.68 bits per heavy atom. The summed E-state index contributed by atoms with van der Waals surface area (Å²) >= 11 is 0. The summed E-state index contributed by atoms with van der Waals surface area (Å²) in [5.41, 5.74) is 0.986. The highest BCUT2D eigenvalue weighted by Gasteiger charge is 2.13. The third kappa shape index (κ3) is 3.01. The Hall–Kier alpha value is -2.11. The Balaban J connectivity index is 2.30. The van der Waals surface area contributed by atoms with Crippen LogP contribution in [0, 0.1) is 5.82 Å². The van der Waals surface area contributed by atoms with E-state index in [0.29, 0.717) is 12.5 Å². The number of nitrogens with zero attached hydrogens (tertiary/aromatic N) is 5. The van der Waals surface area contributed by atoms with Gasteiger partial charge < -0.3 is 9.80 Å². The maximum atomic E-state index is 12.9. The number of rotatable bonds is 4. The third-order valence-corrected chi connectivity index (χ3v) is 2.69. The minimum Gasteiger partial charge on any atom is -0.347 e. The fourth-order valence-electron chi connectivity index (χ4n) is 1.71. The normalized spacial score (nSPS) is 10.6. The lowest BCUT2D eigenvalue weighted by atomic mass is 10.2. The summed E-state index contributed by atoms with van der Waals surface area (Å²) in [5, 5.41) is 4.44. The molecular weight excluding hydrogens is 245 g/mol. The minimum absolute atomic E-state index is 0.232. The van der Waals surface area contributed by atoms with Crippen molar-refractivity contribution in [2.45, 2.75) is 6.54 Å². The molecule has 6 heteroatoms. The van der Waals surface area contributed by atoms with Gasteiger partial charge in [-0.25, -0.2) is 9.07 Å². The topological polar surface area (TPSA) is 37.2 Å². The Morgan fingerprint density at radius 1 is 1.05 bits per heavy atom. The first kappa shape index (κ1) is 13.3. The molecule has 0 N–H and O–H groups in total. The van der Waals surface area contributed by atoms with E-state index in [1.165, 1.54) is 12.1 Å². The van der Waals surface area contributed by atoms with Gasteiger partial charge in [-0.1, -0.05) is 12.1 Å². The van der Waals surface area contributed by atoms with Gasteiger partial charge in [-0.05, 0) is 17.7 Å². The zero-order valence-corrected chi connectivity index (χ0v) is 11.6. The molecule has 1 heterocycles. The second-order valence-electron chi connectivity index (χ2n) is 4.78. The van der Waals surface area contributed by atoms with Crippen molar-refractivity contribution in [2.24, 2.45) is 0 Å². The molecule has 0 aliphatic carbocycles. The lowest BCUT2D eigenvalue weighted by molar-refractivity contribution is 0.624. The van der Waals surface area contributed by atoms with Gasteiger partial charge in [0.05, 0.1) is 6.54 Å². The lowest BCUT2D eigenvalue weighted by Gasteiger charge is -2.12. The molecule has 102 valence electrons. The number of anilines is 2. The van der Waals surface area contributed by atoms with Gasteiger partial charge in [-0.3, -0.25) is 0 Å². The lowest BCUT2D eigenvalue weighted by Crippen LogP contribution is -2.16. The SMILES string of the molecule is CN(C)c1nc(N(C)C)n(Cc2ccc(F)cc2)n1. The van der Waals surface area contributed by atoms with Crippen molar-refractivity contribution in [1.29, 1.82) is 0 Å². The quantitative estimate of drug-likeness (QED) is 0.839. The molecule has 0 aliphatic rings. The molecule has 0 aliphatic heterocycles. The highest BCUT2D eigenvalue weighted by molar-refractivity contribution is 5.38. The van der Waals surface area contributed by atoms with E-state index in [0.717, 1.165) is 11.5 Å². The largest absolute Gasteiger partial charge is 0.347 e. The molecular formula is C13H18FN5. The predicted molar refractivity (Wildman–Crippen MR) is 74.2 cm³/mol. The van der Waals surface area contributed by atoms with Crippen LogP contribution in [0.3, 0.4) is 0 Å². The van der Waals surface area contributed by atoms with Gasteiger partial charge in [-0.15, -0.1) is 5.10 Å². The summed E-state index contributed by atoms with van der Waals surface area (Å²) in [6.07, 6.45) is 0. The van der Waals surface area contributed by atoms with E-state index in [4.69, 9.17) is 0 Å². The molecule has 5 nitrogen and oxygen atoms in total. The summed E-state index contributed by atoms with van der Waals surface area (Å²) in [5.74, 6) is 1.20. The van der Waals surface area contributed by atoms with E-state index in [1.54, 1.807) is 12.1 Å². The van der Waals surface area contributed by atoms with Gasteiger partial charge in [0.2, 0.25) is 11.9 Å². The molecule has 0 fully saturated rings. The fraction of sp³-hybridized carbons (Fsp3) is 0.385. The van der Waals surface area contributed by atoms with Crippen molar-refractivity contribution in [2.75, 3.05) is 38.0 Å². The first-order valence-corrected chi connectivity index (χ1v) is 6.01. The number of halogens is 1. The molecule has 0 unspecified atom stereocenters. The first-order chi connectivity index (χ1) is 8.97. The maximum Gasteiger partial charge on any atom is 0.246 e. The monoisotopic (exact) mass is 263 g/mol. The van der Waals surface area contributed by atoms with Crippen LogP contribution < -0.4 is 9.80 Å². The van der Waals surface area contributed by atoms with E-state index >= 15 is 0 Å². The van der Waals surface area contributed by atoms with Crippen molar-refractivity contribution < 1.29 is 4.39 Å². The van der Waals surface area contributed by atoms with Crippen molar-refractivity contribution >= 4 is 11.9 Å². The second-order valence-corrected chi connectivity index (χ2v) is 4.78. The third-order valence-electron chi connectivity index (χ3n) is 2.69. The van der Waals surface area contributed by atoms with Crippen LogP contribution in [0.15, 0.2) is 24.3 Å². The average molecular weight is 263 g/mol. The minimum atomic E-state index is -0.232. The van der Waals surface area contributed by atoms with Crippen molar-refractivity contribution in [3.63, 3.8) is 0 Å². The number of aromatic nitrogens is 3. The molecule has 1 aromatic carbocycles. The Labute approximate surface area is 112 Å². The summed E-state index contributed by atoms with van der Waals surface area (Å²) in [6, 6.07) is 6.42. The Kier molecular flexibility index (Phi) is 3.69. The van der Waals surface area contributed by atoms with Gasteiger partial charge in [0.25, 0.3) is 0 Å². The van der Waals surface area contributed by atoms with Crippen molar-refractivity contribution in [3.05, 3.63) is 35.6 Å². The second kappa shape index (κ2) is 5.26. The van der Waals surface area contributed by atoms with E-state index in [9.17, 15) is 4.39 Å². The van der Waals surface area contributed by atoms with Crippen LogP contribution in [0.2, 0.25) is 0 Å². The van der Waals surface area contributed by atoms with Gasteiger partial charge >= 0.3 is 0 Å². The van der Waals surface area contributed by atoms with Gasteiger partial charge in [0.1, 0.15) is 5.82 Å². The van der Waals surface area contributed by atoms with Crippen LogP contribution in [0.1, 0.15) is 5.56 Å². The highest BCUT2D eigenvalue weighted by atomic mass is 19.1. The summed E-state index contributed by atoms with van der Waals surface area (Å²) in [4.78, 5) is 8.21. The van der Waals surface area contributed by atoms with Crippen molar-refractivity contribution in [1.82, 2.24) is 14.8 Å². The summed E-state index contributed by atoms with van der Waals surface area (Å²) in [6.45, 7) is 0.564. The van der Waals surface area contributed by atoms with Crippen LogP contribution in [0.5, 0.6) is 0 Å². The average Bonchev–Trinajstić information content (AvgIpc) is 2.76. The summed E-state index contributed by atoms with van der Waals surface area (Å²) < 4.78 is 14.7. The van der Waals surface area contributed by atoms with Crippen LogP contribution in [0.4, 0.5) is 16.3 Å². The summed E-state index contributed by atoms with van der Waals surface area (Å²) in [7, 11) is 7.64. The fourth-order valence-corrected chi connectivity index (χ4v) is 1.71. The van der Waals surface area contributed by atoms with Crippen LogP contribution in [-0.2, 0) is 6.54 Å². The molecule has 0 spiro atoms. The smallest absolute Gasteiger partial charge is 0.246 e. The Bertz CT molecular complexity index is 545. The molecule has 1 aromatic heterocycles. The van der Waals surface area contributed by atoms with E-state index in [-0.39, 0.29) is 5.82 Å². The molecule has 0 saturated carbocycles. The Morgan fingerprint density at radius 3 is 2.21 bits per heavy atom. The molecule has 19 heavy (non-hydrogen) atoms. The molecule has 0 radical (unpaired) electrons. The molecule has 0 amide bonds. The molecule has 0 atom stereocenters. The standard InChI is InChI=1S/C13H18FN5/c1-17(2)12-15-13(18(3)4)19(16-12)9-10-5-7-11(14)8-6-10/h5-8H,9H2,1-4H3. The van der Waals surface area contributed by atoms with Gasteiger partial charge in [0.15, 0.2) is 0 Å². The molecule has 2 rings (SSSR count). The number of benzene rings is 1. The van der Waals surface area contributed by atoms with Gasteiger partial charge in [-0.2, -0.15) is 4.98 Å². The zero-order chi connectivity index (χ0) is 14.0. The van der Waals surface area contributed by atoms with Crippen molar-refractivity contribution in [3.8, 4) is 0 Å². The van der Waals surface area contributed by atoms with Gasteiger partial charge in [0, 0.05) is 28.2 Å². The van der Waals surface area contributed by atoms with E-state index in [1.807, 2.05) is 42.7 Å². The van der Waals surface area contributed by atoms with Crippen LogP contribution >= 0.6 is 0 Å². The maximum absolute atomic E-state index is 12.9. The molecule has 0 saturated heterocycles. The molecule has 2 aromatic rings. The van der Waals surface area contributed by atoms with E-state index in [2.05, 4.69) is 10.1 Å². The highest BCUT2D eigenvalue weighted by Crippen LogP contribution is 2.16. The first-order valence-electron chi connectivity index (χ1n) is 6.01. The number of hydrogen-bond acceptors (Lipinski definition) is 4. The molecule has 0 bridgehead atoms. The van der Waals surface area contributed by atoms with Crippen LogP contribution in [0.25, 0.3) is 0 Å². The van der Waals surface area contributed by atoms with Crippen LogP contribution in [-0.4, -0.2) is 43.0 Å². The predicted octanol–water partition coefficient (Wildman–Crippen LogP) is 1.60. The van der Waals surface area contributed by atoms with E-state index < -0.39 is 0 Å².